The first-order valence-electron chi connectivity index (χ1n) is 3.86. The van der Waals surface area contributed by atoms with Gasteiger partial charge in [-0.2, -0.15) is 0 Å². The third-order valence-electron chi connectivity index (χ3n) is 1.75. The van der Waals surface area contributed by atoms with Crippen molar-refractivity contribution in [3.8, 4) is 0 Å². The van der Waals surface area contributed by atoms with E-state index in [0.29, 0.717) is 0 Å². The first-order chi connectivity index (χ1) is 4.88. The Balaban J connectivity index is 2.68. The van der Waals surface area contributed by atoms with E-state index in [1.807, 2.05) is 19.1 Å². The van der Waals surface area contributed by atoms with Gasteiger partial charge in [-0.15, -0.1) is 0 Å². The summed E-state index contributed by atoms with van der Waals surface area (Å²) in [7, 11) is 0. The largest absolute Gasteiger partial charge is 0.493 e. The molecule has 0 amide bonds. The van der Waals surface area contributed by atoms with Crippen LogP contribution in [0.3, 0.4) is 0 Å². The minimum Gasteiger partial charge on any atom is -0.493 e. The molecule has 0 atom stereocenters. The monoisotopic (exact) mass is 138 g/mol. The molecule has 0 fully saturated rings. The van der Waals surface area contributed by atoms with E-state index in [1.165, 1.54) is 5.57 Å². The van der Waals surface area contributed by atoms with Crippen molar-refractivity contribution in [2.75, 3.05) is 6.61 Å². The minimum absolute atomic E-state index is 0.878. The molecule has 0 saturated carbocycles. The number of allylic oxidation sites excluding steroid dienone is 2. The molecule has 1 rings (SSSR count). The lowest BCUT2D eigenvalue weighted by Gasteiger charge is -1.96. The summed E-state index contributed by atoms with van der Waals surface area (Å²) in [5, 5.41) is 0. The first kappa shape index (κ1) is 7.39. The number of hydrogen-bond donors (Lipinski definition) is 0. The predicted molar refractivity (Wildman–Crippen MR) is 42.7 cm³/mol. The van der Waals surface area contributed by atoms with Crippen molar-refractivity contribution in [1.82, 2.24) is 0 Å². The maximum absolute atomic E-state index is 5.39. The lowest BCUT2D eigenvalue weighted by molar-refractivity contribution is 0.257. The molecule has 0 radical (unpaired) electrons. The lowest BCUT2D eigenvalue weighted by atomic mass is 10.1. The second-order valence-electron chi connectivity index (χ2n) is 2.42. The Bertz CT molecular complexity index is 166. The molecule has 0 unspecified atom stereocenters. The maximum Gasteiger partial charge on any atom is 0.118 e. The molecule has 0 saturated heterocycles. The van der Waals surface area contributed by atoms with E-state index < -0.39 is 0 Å². The van der Waals surface area contributed by atoms with Gasteiger partial charge in [-0.25, -0.2) is 0 Å². The van der Waals surface area contributed by atoms with Crippen LogP contribution in [0.1, 0.15) is 26.7 Å². The van der Waals surface area contributed by atoms with Crippen molar-refractivity contribution in [2.24, 2.45) is 0 Å². The molecular weight excluding hydrogens is 124 g/mol. The van der Waals surface area contributed by atoms with Gasteiger partial charge in [0.15, 0.2) is 0 Å². The van der Waals surface area contributed by atoms with Crippen LogP contribution in [0.2, 0.25) is 0 Å². The van der Waals surface area contributed by atoms with E-state index in [2.05, 4.69) is 6.92 Å². The van der Waals surface area contributed by atoms with Crippen LogP contribution in [0, 0.1) is 0 Å². The molecule has 1 nitrogen and oxygen atoms in total. The Morgan fingerprint density at radius 3 is 3.00 bits per heavy atom. The Morgan fingerprint density at radius 2 is 2.40 bits per heavy atom. The zero-order valence-electron chi connectivity index (χ0n) is 6.68. The van der Waals surface area contributed by atoms with Gasteiger partial charge in [0.05, 0.1) is 6.61 Å². The molecule has 1 aliphatic rings. The smallest absolute Gasteiger partial charge is 0.118 e. The van der Waals surface area contributed by atoms with Crippen molar-refractivity contribution in [1.29, 1.82) is 0 Å². The van der Waals surface area contributed by atoms with Crippen LogP contribution in [-0.4, -0.2) is 6.61 Å². The van der Waals surface area contributed by atoms with E-state index in [9.17, 15) is 0 Å². The molecule has 1 aliphatic heterocycles. The van der Waals surface area contributed by atoms with Crippen LogP contribution >= 0.6 is 0 Å². The number of ether oxygens (including phenoxy) is 1. The van der Waals surface area contributed by atoms with Crippen molar-refractivity contribution in [3.05, 3.63) is 23.5 Å². The Hall–Kier alpha value is -0.720. The maximum atomic E-state index is 5.39. The van der Waals surface area contributed by atoms with Crippen molar-refractivity contribution < 1.29 is 4.74 Å². The van der Waals surface area contributed by atoms with Crippen LogP contribution < -0.4 is 0 Å². The number of rotatable bonds is 2. The minimum atomic E-state index is 0.878. The average molecular weight is 138 g/mol. The van der Waals surface area contributed by atoms with Gasteiger partial charge in [-0.05, 0) is 25.0 Å². The third kappa shape index (κ3) is 1.41. The SMILES string of the molecule is CC=CC1=C(CC)CCO1. The fourth-order valence-electron chi connectivity index (χ4n) is 1.18. The van der Waals surface area contributed by atoms with Crippen LogP contribution in [-0.2, 0) is 4.74 Å². The highest BCUT2D eigenvalue weighted by Crippen LogP contribution is 2.22. The highest BCUT2D eigenvalue weighted by Gasteiger charge is 2.10. The quantitative estimate of drug-likeness (QED) is 0.570. The van der Waals surface area contributed by atoms with Gasteiger partial charge in [-0.3, -0.25) is 0 Å². The van der Waals surface area contributed by atoms with Crippen LogP contribution in [0.4, 0.5) is 0 Å². The molecule has 0 bridgehead atoms. The molecule has 56 valence electrons. The summed E-state index contributed by atoms with van der Waals surface area (Å²) in [5.74, 6) is 1.10. The average Bonchev–Trinajstić information content (AvgIpc) is 2.36. The molecule has 1 heterocycles. The highest BCUT2D eigenvalue weighted by atomic mass is 16.5. The van der Waals surface area contributed by atoms with Gasteiger partial charge >= 0.3 is 0 Å². The first-order valence-corrected chi connectivity index (χ1v) is 3.86. The second kappa shape index (κ2) is 3.45. The molecule has 0 aromatic carbocycles. The molecule has 10 heavy (non-hydrogen) atoms. The van der Waals surface area contributed by atoms with E-state index in [4.69, 9.17) is 4.74 Å². The van der Waals surface area contributed by atoms with E-state index in [-0.39, 0.29) is 0 Å². The van der Waals surface area contributed by atoms with Gasteiger partial charge in [0, 0.05) is 6.42 Å². The van der Waals surface area contributed by atoms with Crippen molar-refractivity contribution >= 4 is 0 Å². The summed E-state index contributed by atoms with van der Waals surface area (Å²) in [5.41, 5.74) is 1.46. The third-order valence-corrected chi connectivity index (χ3v) is 1.75. The summed E-state index contributed by atoms with van der Waals surface area (Å²) in [4.78, 5) is 0. The van der Waals surface area contributed by atoms with Gasteiger partial charge < -0.3 is 4.74 Å². The Kier molecular flexibility index (Phi) is 2.55. The Labute approximate surface area is 62.4 Å². The van der Waals surface area contributed by atoms with Crippen molar-refractivity contribution in [3.63, 3.8) is 0 Å². The molecule has 0 aromatic rings. The van der Waals surface area contributed by atoms with Crippen LogP contribution in [0.25, 0.3) is 0 Å². The standard InChI is InChI=1S/C9H14O/c1-3-5-9-8(4-2)6-7-10-9/h3,5H,4,6-7H2,1-2H3. The van der Waals surface area contributed by atoms with Gasteiger partial charge in [0.2, 0.25) is 0 Å². The molecule has 0 aliphatic carbocycles. The van der Waals surface area contributed by atoms with Gasteiger partial charge in [-0.1, -0.05) is 13.0 Å². The van der Waals surface area contributed by atoms with Crippen LogP contribution in [0.5, 0.6) is 0 Å². The second-order valence-corrected chi connectivity index (χ2v) is 2.42. The zero-order chi connectivity index (χ0) is 7.40. The summed E-state index contributed by atoms with van der Waals surface area (Å²) in [6.07, 6.45) is 6.32. The highest BCUT2D eigenvalue weighted by molar-refractivity contribution is 5.22. The topological polar surface area (TPSA) is 9.23 Å². The van der Waals surface area contributed by atoms with Gasteiger partial charge in [0.1, 0.15) is 5.76 Å². The van der Waals surface area contributed by atoms with Crippen molar-refractivity contribution in [2.45, 2.75) is 26.7 Å². The summed E-state index contributed by atoms with van der Waals surface area (Å²) < 4.78 is 5.39. The number of hydrogen-bond acceptors (Lipinski definition) is 1. The molecule has 0 aromatic heterocycles. The summed E-state index contributed by atoms with van der Waals surface area (Å²) in [6.45, 7) is 5.07. The fourth-order valence-corrected chi connectivity index (χ4v) is 1.18. The summed E-state index contributed by atoms with van der Waals surface area (Å²) in [6, 6.07) is 0. The zero-order valence-corrected chi connectivity index (χ0v) is 6.68. The molecule has 0 N–H and O–H groups in total. The van der Waals surface area contributed by atoms with Gasteiger partial charge in [0.25, 0.3) is 0 Å². The Morgan fingerprint density at radius 1 is 1.60 bits per heavy atom. The van der Waals surface area contributed by atoms with E-state index >= 15 is 0 Å². The molecule has 1 heteroatoms. The van der Waals surface area contributed by atoms with E-state index in [1.54, 1.807) is 0 Å². The normalized spacial score (nSPS) is 18.6. The molecular formula is C9H14O. The molecule has 0 spiro atoms. The summed E-state index contributed by atoms with van der Waals surface area (Å²) >= 11 is 0. The fraction of sp³-hybridized carbons (Fsp3) is 0.556. The van der Waals surface area contributed by atoms with Crippen LogP contribution in [0.15, 0.2) is 23.5 Å². The van der Waals surface area contributed by atoms with E-state index in [0.717, 1.165) is 25.2 Å². The lowest BCUT2D eigenvalue weighted by Crippen LogP contribution is -1.79. The predicted octanol–water partition coefficient (Wildman–Crippen LogP) is 2.65.